The maximum Gasteiger partial charge on any atom is 0.408 e. The molecule has 2 aromatic heterocycles. The van der Waals surface area contributed by atoms with Crippen molar-refractivity contribution in [2.24, 2.45) is 10.8 Å². The Morgan fingerprint density at radius 2 is 1.11 bits per heavy atom. The van der Waals surface area contributed by atoms with Crippen molar-refractivity contribution in [3.63, 3.8) is 0 Å². The summed E-state index contributed by atoms with van der Waals surface area (Å²) in [7, 11) is 0. The van der Waals surface area contributed by atoms with Crippen LogP contribution in [-0.4, -0.2) is 82.9 Å². The van der Waals surface area contributed by atoms with Gasteiger partial charge in [0.05, 0.1) is 69.8 Å². The van der Waals surface area contributed by atoms with Gasteiger partial charge in [0.1, 0.15) is 11.2 Å². The summed E-state index contributed by atoms with van der Waals surface area (Å²) >= 11 is 3.44. The van der Waals surface area contributed by atoms with Gasteiger partial charge in [-0.25, -0.2) is 9.59 Å². The van der Waals surface area contributed by atoms with E-state index >= 15 is 0 Å². The summed E-state index contributed by atoms with van der Waals surface area (Å²) in [6.45, 7) is 32.0. The summed E-state index contributed by atoms with van der Waals surface area (Å²) in [6.07, 6.45) is 7.17. The van der Waals surface area contributed by atoms with Gasteiger partial charge in [0.2, 0.25) is 0 Å². The lowest BCUT2D eigenvalue weighted by atomic mass is 9.73. The van der Waals surface area contributed by atoms with Gasteiger partial charge >= 0.3 is 24.1 Å². The molecule has 0 bridgehead atoms. The zero-order valence-corrected chi connectivity index (χ0v) is 46.0. The number of hydrogen-bond donors (Lipinski definition) is 2. The van der Waals surface area contributed by atoms with E-state index in [1.54, 1.807) is 6.08 Å². The van der Waals surface area contributed by atoms with E-state index in [0.29, 0.717) is 52.1 Å². The number of carbonyl (C=O) groups excluding carboxylic acids is 4. The van der Waals surface area contributed by atoms with E-state index in [4.69, 9.17) is 33.4 Å². The number of pyridine rings is 2. The van der Waals surface area contributed by atoms with Gasteiger partial charge in [-0.15, -0.1) is 6.58 Å². The number of esters is 2. The van der Waals surface area contributed by atoms with Crippen molar-refractivity contribution in [3.05, 3.63) is 101 Å². The van der Waals surface area contributed by atoms with E-state index < -0.39 is 39.8 Å². The summed E-state index contributed by atoms with van der Waals surface area (Å²) < 4.78 is 33.6. The van der Waals surface area contributed by atoms with Crippen molar-refractivity contribution in [2.75, 3.05) is 26.4 Å². The Kier molecular flexibility index (Phi) is 20.0. The number of hydrogen-bond acceptors (Lipinski definition) is 12. The van der Waals surface area contributed by atoms with Crippen molar-refractivity contribution in [3.8, 4) is 0 Å². The molecule has 2 aliphatic heterocycles. The second-order valence-electron chi connectivity index (χ2n) is 21.4. The molecular formula is C56H77BrN4O10. The first-order valence-electron chi connectivity index (χ1n) is 24.4. The van der Waals surface area contributed by atoms with Crippen molar-refractivity contribution < 1.29 is 47.6 Å². The third kappa shape index (κ3) is 17.7. The second-order valence-corrected chi connectivity index (χ2v) is 22.3. The van der Waals surface area contributed by atoms with Gasteiger partial charge in [-0.05, 0) is 159 Å². The average Bonchev–Trinajstić information content (AvgIpc) is 3.26. The third-order valence-corrected chi connectivity index (χ3v) is 12.2. The fourth-order valence-electron chi connectivity index (χ4n) is 8.40. The molecule has 71 heavy (non-hydrogen) atoms. The SMILES string of the molecule is C=CC1(C(=O)OCC)CCOC(C)(C)C1.CCOC(=O)C1(/C=C/c2ccc3ccc([C@@H](C)NC(=O)OC(C)(C)C)nc3c2)CCOC(C)(C)C1.C[C@@H](NC(=O)OC(C)(C)C)c1ccc2ccc(Br)cc2n1. The largest absolute Gasteiger partial charge is 0.465 e. The number of alkyl carbamates (subject to hydrolysis) is 2. The van der Waals surface area contributed by atoms with Gasteiger partial charge in [0.25, 0.3) is 0 Å². The highest BCUT2D eigenvalue weighted by Crippen LogP contribution is 2.42. The molecule has 2 unspecified atom stereocenters. The molecule has 2 saturated heterocycles. The van der Waals surface area contributed by atoms with Gasteiger partial charge in [-0.2, -0.15) is 0 Å². The molecular weight excluding hydrogens is 969 g/mol. The number of aromatic nitrogens is 2. The summed E-state index contributed by atoms with van der Waals surface area (Å²) in [5.41, 5.74) is 1.11. The first kappa shape index (κ1) is 58.2. The Hall–Kier alpha value is -5.38. The number of rotatable bonds is 11. The van der Waals surface area contributed by atoms with Crippen LogP contribution in [0.1, 0.15) is 152 Å². The quantitative estimate of drug-likeness (QED) is 0.0828. The van der Waals surface area contributed by atoms with Crippen LogP contribution in [0.2, 0.25) is 0 Å². The minimum Gasteiger partial charge on any atom is -0.465 e. The molecule has 2 aromatic carbocycles. The fraction of sp³-hybridized carbons (Fsp3) is 0.536. The van der Waals surface area contributed by atoms with Crippen LogP contribution in [0.15, 0.2) is 83.9 Å². The van der Waals surface area contributed by atoms with Crippen molar-refractivity contribution in [1.82, 2.24) is 20.6 Å². The van der Waals surface area contributed by atoms with E-state index in [2.05, 4.69) is 38.1 Å². The zero-order chi connectivity index (χ0) is 53.0. The lowest BCUT2D eigenvalue weighted by Crippen LogP contribution is -2.45. The first-order valence-corrected chi connectivity index (χ1v) is 25.2. The van der Waals surface area contributed by atoms with E-state index in [-0.39, 0.29) is 29.6 Å². The molecule has 0 saturated carbocycles. The smallest absolute Gasteiger partial charge is 0.408 e. The molecule has 4 aromatic rings. The Morgan fingerprint density at radius 3 is 1.56 bits per heavy atom. The Bertz CT molecular complexity index is 2530. The van der Waals surface area contributed by atoms with Crippen molar-refractivity contribution in [2.45, 2.75) is 157 Å². The number of ether oxygens (including phenoxy) is 6. The highest BCUT2D eigenvalue weighted by atomic mass is 79.9. The number of halogens is 1. The van der Waals surface area contributed by atoms with Gasteiger partial charge < -0.3 is 39.1 Å². The molecule has 6 rings (SSSR count). The van der Waals surface area contributed by atoms with Crippen LogP contribution in [0.5, 0.6) is 0 Å². The number of nitrogens with zero attached hydrogens (tertiary/aromatic N) is 2. The highest BCUT2D eigenvalue weighted by Gasteiger charge is 2.46. The van der Waals surface area contributed by atoms with Crippen molar-refractivity contribution in [1.29, 1.82) is 0 Å². The molecule has 2 N–H and O–H groups in total. The fourth-order valence-corrected chi connectivity index (χ4v) is 8.75. The summed E-state index contributed by atoms with van der Waals surface area (Å²) in [5.74, 6) is -0.382. The van der Waals surface area contributed by atoms with Crippen LogP contribution in [0.25, 0.3) is 27.9 Å². The predicted molar refractivity (Wildman–Crippen MR) is 283 cm³/mol. The Morgan fingerprint density at radius 1 is 0.690 bits per heavy atom. The zero-order valence-electron chi connectivity index (χ0n) is 44.4. The van der Waals surface area contributed by atoms with E-state index in [1.807, 2.05) is 170 Å². The normalized spacial score (nSPS) is 20.4. The molecule has 0 aliphatic carbocycles. The molecule has 0 radical (unpaired) electrons. The topological polar surface area (TPSA) is 174 Å². The molecule has 14 nitrogen and oxygen atoms in total. The summed E-state index contributed by atoms with van der Waals surface area (Å²) in [5, 5.41) is 7.68. The molecule has 0 spiro atoms. The van der Waals surface area contributed by atoms with E-state index in [9.17, 15) is 19.2 Å². The number of nitrogens with one attached hydrogen (secondary N) is 2. The minimum absolute atomic E-state index is 0.170. The number of carbonyl (C=O) groups is 4. The maximum absolute atomic E-state index is 12.9. The first-order chi connectivity index (χ1) is 33.0. The third-order valence-electron chi connectivity index (χ3n) is 11.7. The number of amides is 2. The number of benzene rings is 2. The Balaban J connectivity index is 0.000000257. The van der Waals surface area contributed by atoms with Crippen LogP contribution < -0.4 is 10.6 Å². The minimum atomic E-state index is -0.728. The molecule has 15 heteroatoms. The van der Waals surface area contributed by atoms with Crippen molar-refractivity contribution >= 4 is 67.9 Å². The van der Waals surface area contributed by atoms with Gasteiger partial charge in [-0.3, -0.25) is 19.6 Å². The summed E-state index contributed by atoms with van der Waals surface area (Å²) in [6, 6.07) is 19.2. The Labute approximate surface area is 429 Å². The molecule has 2 amide bonds. The van der Waals surface area contributed by atoms with E-state index in [0.717, 1.165) is 43.2 Å². The van der Waals surface area contributed by atoms with Crippen LogP contribution in [0, 0.1) is 10.8 Å². The lowest BCUT2D eigenvalue weighted by Gasteiger charge is -2.41. The van der Waals surface area contributed by atoms with Crippen LogP contribution in [-0.2, 0) is 38.0 Å². The van der Waals surface area contributed by atoms with Gasteiger partial charge in [0, 0.05) is 28.5 Å². The van der Waals surface area contributed by atoms with Gasteiger partial charge in [0.15, 0.2) is 0 Å². The average molecular weight is 1050 g/mol. The predicted octanol–water partition coefficient (Wildman–Crippen LogP) is 12.9. The molecule has 4 heterocycles. The maximum atomic E-state index is 12.9. The lowest BCUT2D eigenvalue weighted by molar-refractivity contribution is -0.166. The van der Waals surface area contributed by atoms with Crippen LogP contribution >= 0.6 is 15.9 Å². The van der Waals surface area contributed by atoms with Crippen LogP contribution in [0.4, 0.5) is 9.59 Å². The molecule has 2 fully saturated rings. The second kappa shape index (κ2) is 24.4. The highest BCUT2D eigenvalue weighted by molar-refractivity contribution is 9.10. The van der Waals surface area contributed by atoms with Gasteiger partial charge in [-0.1, -0.05) is 64.5 Å². The molecule has 388 valence electrons. The standard InChI is InChI=1S/C28H38N2O5.C16H19BrN2O2.C12H20O3/c1-8-33-24(31)28(15-16-34-27(6,7)18-28)14-13-20-9-10-21-11-12-22(30-23(21)17-20)19(2)29-25(32)35-26(3,4)5;1-10(18-15(20)21-16(2,3)4)13-8-6-11-5-7-12(17)9-14(11)19-13;1-5-12(10(13)14-6-2)7-8-15-11(3,4)9-12/h9-14,17,19H,8,15-16,18H2,1-7H3,(H,29,32);5-10H,1-4H3,(H,18,20);5H,1,6-9H2,2-4H3/b14-13+;;/t19-,28?;10-;/m11./s1. The molecule has 2 aliphatic rings. The monoisotopic (exact) mass is 1040 g/mol. The molecule has 4 atom stereocenters. The van der Waals surface area contributed by atoms with E-state index in [1.165, 1.54) is 0 Å². The van der Waals surface area contributed by atoms with Crippen LogP contribution in [0.3, 0.4) is 0 Å². The number of fused-ring (bicyclic) bond motifs is 2. The summed E-state index contributed by atoms with van der Waals surface area (Å²) in [4.78, 5) is 58.1.